The van der Waals surface area contributed by atoms with Gasteiger partial charge in [-0.2, -0.15) is 5.10 Å². The highest BCUT2D eigenvalue weighted by Gasteiger charge is 2.04. The second kappa shape index (κ2) is 3.14. The van der Waals surface area contributed by atoms with E-state index in [9.17, 15) is 0 Å². The van der Waals surface area contributed by atoms with Crippen molar-refractivity contribution in [3.05, 3.63) is 23.0 Å². The van der Waals surface area contributed by atoms with E-state index in [4.69, 9.17) is 5.73 Å². The molecule has 0 spiro atoms. The molecule has 6 heteroatoms. The van der Waals surface area contributed by atoms with E-state index >= 15 is 0 Å². The predicted molar refractivity (Wildman–Crippen MR) is 50.4 cm³/mol. The number of hydrogen-bond acceptors (Lipinski definition) is 5. The number of hydrogen-bond donors (Lipinski definition) is 1. The van der Waals surface area contributed by atoms with Gasteiger partial charge in [0.15, 0.2) is 0 Å². The molecule has 0 fully saturated rings. The summed E-state index contributed by atoms with van der Waals surface area (Å²) in [6.45, 7) is 2.57. The first-order chi connectivity index (χ1) is 6.27. The zero-order chi connectivity index (χ0) is 9.26. The lowest BCUT2D eigenvalue weighted by Gasteiger charge is -2.00. The highest BCUT2D eigenvalue weighted by atomic mass is 32.1. The fourth-order valence-electron chi connectivity index (χ4n) is 1.03. The molecule has 5 nitrogen and oxygen atoms in total. The summed E-state index contributed by atoms with van der Waals surface area (Å²) in [6, 6.07) is 0. The van der Waals surface area contributed by atoms with Gasteiger partial charge >= 0.3 is 0 Å². The van der Waals surface area contributed by atoms with Crippen molar-refractivity contribution in [2.75, 3.05) is 5.73 Å². The van der Waals surface area contributed by atoms with E-state index in [0.29, 0.717) is 12.2 Å². The minimum atomic E-state index is 0.638. The minimum absolute atomic E-state index is 0.638. The monoisotopic (exact) mass is 195 g/mol. The summed E-state index contributed by atoms with van der Waals surface area (Å²) in [5.74, 6) is 0. The summed E-state index contributed by atoms with van der Waals surface area (Å²) < 4.78 is 5.59. The maximum atomic E-state index is 5.65. The van der Waals surface area contributed by atoms with Gasteiger partial charge in [-0.3, -0.25) is 4.68 Å². The number of nitrogen functional groups attached to an aromatic ring is 1. The van der Waals surface area contributed by atoms with Crippen LogP contribution in [-0.4, -0.2) is 19.4 Å². The first-order valence-electron chi connectivity index (χ1n) is 3.81. The Bertz CT molecular complexity index is 391. The van der Waals surface area contributed by atoms with Crippen LogP contribution in [0.25, 0.3) is 0 Å². The molecule has 2 aromatic rings. The summed E-state index contributed by atoms with van der Waals surface area (Å²) in [5, 5.41) is 9.95. The van der Waals surface area contributed by atoms with Gasteiger partial charge in [0.1, 0.15) is 0 Å². The van der Waals surface area contributed by atoms with Crippen molar-refractivity contribution in [1.29, 1.82) is 0 Å². The van der Waals surface area contributed by atoms with Crippen molar-refractivity contribution < 1.29 is 0 Å². The molecule has 13 heavy (non-hydrogen) atoms. The summed E-state index contributed by atoms with van der Waals surface area (Å²) >= 11 is 1.34. The molecule has 0 unspecified atom stereocenters. The number of anilines is 1. The lowest BCUT2D eigenvalue weighted by molar-refractivity contribution is 0.651. The van der Waals surface area contributed by atoms with Crippen LogP contribution < -0.4 is 5.73 Å². The molecule has 0 atom stereocenters. The van der Waals surface area contributed by atoms with E-state index in [2.05, 4.69) is 14.7 Å². The molecule has 0 bridgehead atoms. The number of nitrogens with two attached hydrogens (primary N) is 1. The van der Waals surface area contributed by atoms with Crippen LogP contribution in [0.4, 0.5) is 5.69 Å². The zero-order valence-electron chi connectivity index (χ0n) is 7.14. The predicted octanol–water partition coefficient (Wildman–Crippen LogP) is 0.674. The molecule has 68 valence electrons. The van der Waals surface area contributed by atoms with Crippen LogP contribution in [0.2, 0.25) is 0 Å². The molecule has 0 aromatic carbocycles. The maximum absolute atomic E-state index is 5.65. The van der Waals surface area contributed by atoms with Crippen LogP contribution >= 0.6 is 11.5 Å². The molecular weight excluding hydrogens is 186 g/mol. The molecule has 0 aliphatic carbocycles. The number of aromatic nitrogens is 4. The van der Waals surface area contributed by atoms with Crippen LogP contribution in [0.15, 0.2) is 11.6 Å². The third-order valence-corrected chi connectivity index (χ3v) is 2.41. The first-order valence-corrected chi connectivity index (χ1v) is 4.65. The number of rotatable bonds is 2. The maximum Gasteiger partial charge on any atom is 0.0970 e. The van der Waals surface area contributed by atoms with E-state index in [0.717, 1.165) is 11.4 Å². The molecule has 0 aliphatic heterocycles. The van der Waals surface area contributed by atoms with E-state index in [1.165, 1.54) is 11.5 Å². The van der Waals surface area contributed by atoms with Gasteiger partial charge in [-0.25, -0.2) is 0 Å². The van der Waals surface area contributed by atoms with Crippen LogP contribution in [0.5, 0.6) is 0 Å². The van der Waals surface area contributed by atoms with Gasteiger partial charge in [0.25, 0.3) is 0 Å². The van der Waals surface area contributed by atoms with E-state index in [1.807, 2.05) is 17.0 Å². The Kier molecular flexibility index (Phi) is 1.97. The Morgan fingerprint density at radius 3 is 3.00 bits per heavy atom. The lowest BCUT2D eigenvalue weighted by Crippen LogP contribution is -2.04. The normalized spacial score (nSPS) is 10.5. The largest absolute Gasteiger partial charge is 0.396 e. The lowest BCUT2D eigenvalue weighted by atomic mass is 10.4. The summed E-state index contributed by atoms with van der Waals surface area (Å²) in [4.78, 5) is 0. The standard InChI is InChI=1S/C7H9N5S/c1-5-7(8)2-9-12(5)3-6-4-13-11-10-6/h2,4H,3,8H2,1H3. The zero-order valence-corrected chi connectivity index (χ0v) is 7.95. The van der Waals surface area contributed by atoms with Gasteiger partial charge < -0.3 is 5.73 Å². The average Bonchev–Trinajstić information content (AvgIpc) is 2.71. The second-order valence-electron chi connectivity index (χ2n) is 2.74. The van der Waals surface area contributed by atoms with Crippen molar-refractivity contribution in [2.24, 2.45) is 0 Å². The Balaban J connectivity index is 2.24. The summed E-state index contributed by atoms with van der Waals surface area (Å²) in [6.07, 6.45) is 1.65. The average molecular weight is 195 g/mol. The Morgan fingerprint density at radius 2 is 2.46 bits per heavy atom. The number of nitrogens with zero attached hydrogens (tertiary/aromatic N) is 4. The third kappa shape index (κ3) is 1.52. The quantitative estimate of drug-likeness (QED) is 0.764. The smallest absolute Gasteiger partial charge is 0.0970 e. The van der Waals surface area contributed by atoms with E-state index in [-0.39, 0.29) is 0 Å². The molecule has 0 amide bonds. The molecule has 0 aliphatic rings. The van der Waals surface area contributed by atoms with Gasteiger partial charge in [-0.1, -0.05) is 4.49 Å². The fourth-order valence-corrected chi connectivity index (χ4v) is 1.47. The van der Waals surface area contributed by atoms with Crippen molar-refractivity contribution in [3.63, 3.8) is 0 Å². The SMILES string of the molecule is Cc1c(N)cnn1Cc1csnn1. The second-order valence-corrected chi connectivity index (χ2v) is 3.35. The molecule has 0 saturated carbocycles. The molecule has 0 saturated heterocycles. The van der Waals surface area contributed by atoms with Crippen molar-refractivity contribution >= 4 is 17.2 Å². The van der Waals surface area contributed by atoms with Gasteiger partial charge in [0.05, 0.1) is 29.8 Å². The Morgan fingerprint density at radius 1 is 1.62 bits per heavy atom. The molecule has 2 heterocycles. The van der Waals surface area contributed by atoms with Gasteiger partial charge in [-0.05, 0) is 18.5 Å². The minimum Gasteiger partial charge on any atom is -0.396 e. The molecule has 2 rings (SSSR count). The van der Waals surface area contributed by atoms with Gasteiger partial charge in [-0.15, -0.1) is 5.10 Å². The first kappa shape index (κ1) is 8.18. The topological polar surface area (TPSA) is 69.6 Å². The molecule has 0 radical (unpaired) electrons. The molecular formula is C7H9N5S. The van der Waals surface area contributed by atoms with Crippen LogP contribution in [-0.2, 0) is 6.54 Å². The third-order valence-electron chi connectivity index (χ3n) is 1.86. The fraction of sp³-hybridized carbons (Fsp3) is 0.286. The van der Waals surface area contributed by atoms with E-state index in [1.54, 1.807) is 6.20 Å². The highest BCUT2D eigenvalue weighted by Crippen LogP contribution is 2.10. The van der Waals surface area contributed by atoms with Gasteiger partial charge in [0.2, 0.25) is 0 Å². The van der Waals surface area contributed by atoms with Crippen LogP contribution in [0.3, 0.4) is 0 Å². The summed E-state index contributed by atoms with van der Waals surface area (Å²) in [7, 11) is 0. The van der Waals surface area contributed by atoms with E-state index < -0.39 is 0 Å². The van der Waals surface area contributed by atoms with Crippen molar-refractivity contribution in [1.82, 2.24) is 19.4 Å². The summed E-state index contributed by atoms with van der Waals surface area (Å²) in [5.41, 5.74) is 8.24. The highest BCUT2D eigenvalue weighted by molar-refractivity contribution is 7.03. The Hall–Kier alpha value is -1.43. The molecule has 2 N–H and O–H groups in total. The van der Waals surface area contributed by atoms with Crippen LogP contribution in [0.1, 0.15) is 11.4 Å². The molecule has 2 aromatic heterocycles. The van der Waals surface area contributed by atoms with Crippen molar-refractivity contribution in [3.8, 4) is 0 Å². The van der Waals surface area contributed by atoms with Crippen LogP contribution in [0, 0.1) is 6.92 Å². The van der Waals surface area contributed by atoms with Crippen molar-refractivity contribution in [2.45, 2.75) is 13.5 Å². The Labute approximate surface area is 79.4 Å². The van der Waals surface area contributed by atoms with Gasteiger partial charge in [0, 0.05) is 5.38 Å².